The van der Waals surface area contributed by atoms with E-state index in [1.807, 2.05) is 0 Å². The summed E-state index contributed by atoms with van der Waals surface area (Å²) in [6.45, 7) is 0. The number of para-hydroxylation sites is 1. The van der Waals surface area contributed by atoms with Crippen LogP contribution in [0.2, 0.25) is 5.15 Å². The van der Waals surface area contributed by atoms with Crippen LogP contribution in [-0.2, 0) is 4.74 Å². The normalized spacial score (nSPS) is 10.1. The number of phenols is 1. The van der Waals surface area contributed by atoms with E-state index in [1.165, 1.54) is 19.4 Å². The average molecular weight is 265 g/mol. The Morgan fingerprint density at radius 1 is 1.39 bits per heavy atom. The van der Waals surface area contributed by atoms with E-state index in [-0.39, 0.29) is 22.3 Å². The molecule has 6 heteroatoms. The van der Waals surface area contributed by atoms with Crippen LogP contribution >= 0.6 is 11.6 Å². The standard InChI is InChI=1S/C12H9ClN2O3/c1-18-12(17)8-6-14-11(15-10(8)13)7-4-2-3-5-9(7)16/h2-6,16H,1H3. The van der Waals surface area contributed by atoms with Crippen LogP contribution in [0.1, 0.15) is 10.4 Å². The molecular formula is C12H9ClN2O3. The smallest absolute Gasteiger partial charge is 0.342 e. The summed E-state index contributed by atoms with van der Waals surface area (Å²) in [7, 11) is 1.25. The molecule has 1 aromatic carbocycles. The summed E-state index contributed by atoms with van der Waals surface area (Å²) in [6.07, 6.45) is 1.27. The minimum Gasteiger partial charge on any atom is -0.507 e. The molecule has 0 aliphatic heterocycles. The molecule has 0 atom stereocenters. The predicted molar refractivity (Wildman–Crippen MR) is 65.5 cm³/mol. The molecule has 0 amide bonds. The number of rotatable bonds is 2. The minimum absolute atomic E-state index is 0.0184. The summed E-state index contributed by atoms with van der Waals surface area (Å²) in [5.41, 5.74) is 0.522. The lowest BCUT2D eigenvalue weighted by Gasteiger charge is -2.05. The summed E-state index contributed by atoms with van der Waals surface area (Å²) >= 11 is 5.87. The Kier molecular flexibility index (Phi) is 3.43. The summed E-state index contributed by atoms with van der Waals surface area (Å²) in [5, 5.41) is 9.65. The van der Waals surface area contributed by atoms with Crippen molar-refractivity contribution in [1.29, 1.82) is 0 Å². The van der Waals surface area contributed by atoms with Crippen molar-refractivity contribution in [3.05, 3.63) is 41.2 Å². The molecule has 92 valence electrons. The number of aromatic nitrogens is 2. The van der Waals surface area contributed by atoms with Gasteiger partial charge in [0.15, 0.2) is 5.82 Å². The van der Waals surface area contributed by atoms with Crippen LogP contribution in [0.15, 0.2) is 30.5 Å². The first-order chi connectivity index (χ1) is 8.63. The molecule has 0 aliphatic rings. The number of benzene rings is 1. The summed E-state index contributed by atoms with van der Waals surface area (Å²) in [5.74, 6) is -0.325. The average Bonchev–Trinajstić information content (AvgIpc) is 2.38. The lowest BCUT2D eigenvalue weighted by atomic mass is 10.2. The van der Waals surface area contributed by atoms with Gasteiger partial charge in [-0.25, -0.2) is 14.8 Å². The van der Waals surface area contributed by atoms with Gasteiger partial charge in [-0.15, -0.1) is 0 Å². The number of carbonyl (C=O) groups is 1. The molecule has 1 aromatic heterocycles. The molecule has 0 spiro atoms. The second-order valence-electron chi connectivity index (χ2n) is 3.41. The molecule has 0 unspecified atom stereocenters. The first kappa shape index (κ1) is 12.3. The zero-order valence-electron chi connectivity index (χ0n) is 9.42. The van der Waals surface area contributed by atoms with Crippen LogP contribution in [0.4, 0.5) is 0 Å². The molecule has 1 heterocycles. The van der Waals surface area contributed by atoms with Crippen LogP contribution in [0.25, 0.3) is 11.4 Å². The number of ether oxygens (including phenoxy) is 1. The van der Waals surface area contributed by atoms with Gasteiger partial charge < -0.3 is 9.84 Å². The molecule has 5 nitrogen and oxygen atoms in total. The number of carbonyl (C=O) groups excluding carboxylic acids is 1. The highest BCUT2D eigenvalue weighted by Crippen LogP contribution is 2.27. The first-order valence-electron chi connectivity index (χ1n) is 5.02. The van der Waals surface area contributed by atoms with Crippen molar-refractivity contribution in [2.75, 3.05) is 7.11 Å². The van der Waals surface area contributed by atoms with Crippen LogP contribution in [-0.4, -0.2) is 28.2 Å². The molecule has 0 bridgehead atoms. The molecule has 2 rings (SSSR count). The molecule has 0 radical (unpaired) electrons. The number of aromatic hydroxyl groups is 1. The van der Waals surface area contributed by atoms with Crippen molar-refractivity contribution < 1.29 is 14.6 Å². The second-order valence-corrected chi connectivity index (χ2v) is 3.76. The zero-order valence-corrected chi connectivity index (χ0v) is 10.2. The fourth-order valence-electron chi connectivity index (χ4n) is 1.40. The SMILES string of the molecule is COC(=O)c1cnc(-c2ccccc2O)nc1Cl. The van der Waals surface area contributed by atoms with Crippen molar-refractivity contribution >= 4 is 17.6 Å². The fraction of sp³-hybridized carbons (Fsp3) is 0.0833. The van der Waals surface area contributed by atoms with Gasteiger partial charge in [-0.3, -0.25) is 0 Å². The maximum atomic E-state index is 11.3. The maximum Gasteiger partial charge on any atom is 0.342 e. The van der Waals surface area contributed by atoms with Crippen LogP contribution in [0.5, 0.6) is 5.75 Å². The second kappa shape index (κ2) is 5.01. The van der Waals surface area contributed by atoms with E-state index in [4.69, 9.17) is 11.6 Å². The Balaban J connectivity index is 2.47. The third kappa shape index (κ3) is 2.26. The topological polar surface area (TPSA) is 72.3 Å². The Labute approximate surface area is 108 Å². The molecule has 18 heavy (non-hydrogen) atoms. The lowest BCUT2D eigenvalue weighted by molar-refractivity contribution is 0.0600. The number of methoxy groups -OCH3 is 1. The van der Waals surface area contributed by atoms with E-state index in [9.17, 15) is 9.90 Å². The molecule has 0 saturated heterocycles. The highest BCUT2D eigenvalue weighted by atomic mass is 35.5. The maximum absolute atomic E-state index is 11.3. The van der Waals surface area contributed by atoms with Crippen molar-refractivity contribution in [2.24, 2.45) is 0 Å². The Morgan fingerprint density at radius 3 is 2.72 bits per heavy atom. The number of phenolic OH excluding ortho intramolecular Hbond substituents is 1. The van der Waals surface area contributed by atoms with E-state index in [0.717, 1.165) is 0 Å². The van der Waals surface area contributed by atoms with Gasteiger partial charge in [0.2, 0.25) is 0 Å². The third-order valence-electron chi connectivity index (χ3n) is 2.29. The largest absolute Gasteiger partial charge is 0.507 e. The first-order valence-corrected chi connectivity index (χ1v) is 5.40. The summed E-state index contributed by atoms with van der Waals surface area (Å²) < 4.78 is 4.53. The molecule has 1 N–H and O–H groups in total. The van der Waals surface area contributed by atoms with E-state index < -0.39 is 5.97 Å². The quantitative estimate of drug-likeness (QED) is 0.665. The van der Waals surface area contributed by atoms with Crippen molar-refractivity contribution in [2.45, 2.75) is 0 Å². The van der Waals surface area contributed by atoms with Crippen molar-refractivity contribution in [3.63, 3.8) is 0 Å². The van der Waals surface area contributed by atoms with Crippen LogP contribution in [0.3, 0.4) is 0 Å². The summed E-state index contributed by atoms with van der Waals surface area (Å²) in [6, 6.07) is 6.59. The number of esters is 1. The Morgan fingerprint density at radius 2 is 2.11 bits per heavy atom. The van der Waals surface area contributed by atoms with Gasteiger partial charge in [0.1, 0.15) is 16.5 Å². The van der Waals surface area contributed by atoms with Crippen LogP contribution in [0, 0.1) is 0 Å². The van der Waals surface area contributed by atoms with Gasteiger partial charge in [-0.2, -0.15) is 0 Å². The molecule has 0 fully saturated rings. The number of hydrogen-bond acceptors (Lipinski definition) is 5. The number of hydrogen-bond donors (Lipinski definition) is 1. The third-order valence-corrected chi connectivity index (χ3v) is 2.58. The molecule has 2 aromatic rings. The van der Waals surface area contributed by atoms with E-state index in [0.29, 0.717) is 5.56 Å². The fourth-order valence-corrected chi connectivity index (χ4v) is 1.61. The number of halogens is 1. The van der Waals surface area contributed by atoms with Crippen molar-refractivity contribution in [1.82, 2.24) is 9.97 Å². The van der Waals surface area contributed by atoms with Crippen LogP contribution < -0.4 is 0 Å². The van der Waals surface area contributed by atoms with Gasteiger partial charge >= 0.3 is 5.97 Å². The molecular weight excluding hydrogens is 256 g/mol. The van der Waals surface area contributed by atoms with Gasteiger partial charge in [-0.05, 0) is 12.1 Å². The zero-order chi connectivity index (χ0) is 13.1. The Bertz CT molecular complexity index is 602. The monoisotopic (exact) mass is 264 g/mol. The van der Waals surface area contributed by atoms with Gasteiger partial charge in [0.25, 0.3) is 0 Å². The van der Waals surface area contributed by atoms with Crippen molar-refractivity contribution in [3.8, 4) is 17.1 Å². The number of nitrogens with zero attached hydrogens (tertiary/aromatic N) is 2. The summed E-state index contributed by atoms with van der Waals surface area (Å²) in [4.78, 5) is 19.3. The van der Waals surface area contributed by atoms with Gasteiger partial charge in [0, 0.05) is 6.20 Å². The van der Waals surface area contributed by atoms with Gasteiger partial charge in [-0.1, -0.05) is 23.7 Å². The highest BCUT2D eigenvalue weighted by molar-refractivity contribution is 6.32. The molecule has 0 aliphatic carbocycles. The minimum atomic E-state index is -0.608. The van der Waals surface area contributed by atoms with E-state index in [2.05, 4.69) is 14.7 Å². The highest BCUT2D eigenvalue weighted by Gasteiger charge is 2.15. The predicted octanol–water partition coefficient (Wildman–Crippen LogP) is 2.29. The van der Waals surface area contributed by atoms with E-state index in [1.54, 1.807) is 18.2 Å². The van der Waals surface area contributed by atoms with Gasteiger partial charge in [0.05, 0.1) is 12.7 Å². The lowest BCUT2D eigenvalue weighted by Crippen LogP contribution is -2.05. The molecule has 0 saturated carbocycles. The van der Waals surface area contributed by atoms with E-state index >= 15 is 0 Å². The Hall–Kier alpha value is -2.14.